The van der Waals surface area contributed by atoms with Gasteiger partial charge in [-0.05, 0) is 44.0 Å². The smallest absolute Gasteiger partial charge is 0.314 e. The summed E-state index contributed by atoms with van der Waals surface area (Å²) in [4.78, 5) is 11.6. The maximum absolute atomic E-state index is 11.6. The van der Waals surface area contributed by atoms with Crippen LogP contribution in [0.5, 0.6) is 0 Å². The van der Waals surface area contributed by atoms with Gasteiger partial charge in [-0.1, -0.05) is 12.1 Å². The van der Waals surface area contributed by atoms with Crippen LogP contribution in [-0.4, -0.2) is 45.1 Å². The Bertz CT molecular complexity index is 710. The van der Waals surface area contributed by atoms with E-state index in [0.717, 1.165) is 29.1 Å². The van der Waals surface area contributed by atoms with Crippen LogP contribution in [0.25, 0.3) is 5.69 Å². The molecule has 6 nitrogen and oxygen atoms in total. The van der Waals surface area contributed by atoms with Crippen LogP contribution >= 0.6 is 0 Å². The molecule has 7 heteroatoms. The zero-order valence-corrected chi connectivity index (χ0v) is 15.2. The summed E-state index contributed by atoms with van der Waals surface area (Å²) in [7, 11) is -0.885. The van der Waals surface area contributed by atoms with Gasteiger partial charge in [-0.2, -0.15) is 5.10 Å². The van der Waals surface area contributed by atoms with Gasteiger partial charge in [0, 0.05) is 41.6 Å². The summed E-state index contributed by atoms with van der Waals surface area (Å²) in [5.74, 6) is 0.473. The third-order valence-corrected chi connectivity index (χ3v) is 4.34. The number of aromatic nitrogens is 2. The SMILES string of the molecule is Cc1cc(C)n(-c2ccc(CCNC(=O)NCCS(C)=O)cc2)n1. The van der Waals surface area contributed by atoms with Gasteiger partial charge in [0.2, 0.25) is 0 Å². The second-order valence-corrected chi connectivity index (χ2v) is 7.27. The van der Waals surface area contributed by atoms with Gasteiger partial charge in [0.25, 0.3) is 0 Å². The zero-order valence-electron chi connectivity index (χ0n) is 14.3. The molecule has 0 spiro atoms. The van der Waals surface area contributed by atoms with Gasteiger partial charge in [0.05, 0.1) is 11.4 Å². The van der Waals surface area contributed by atoms with Crippen LogP contribution in [0.15, 0.2) is 30.3 Å². The van der Waals surface area contributed by atoms with Crippen molar-refractivity contribution in [1.82, 2.24) is 20.4 Å². The minimum absolute atomic E-state index is 0.222. The lowest BCUT2D eigenvalue weighted by atomic mass is 10.1. The normalized spacial score (nSPS) is 12.0. The van der Waals surface area contributed by atoms with Gasteiger partial charge >= 0.3 is 6.03 Å². The van der Waals surface area contributed by atoms with Crippen molar-refractivity contribution in [2.45, 2.75) is 20.3 Å². The van der Waals surface area contributed by atoms with E-state index in [2.05, 4.69) is 15.7 Å². The third kappa shape index (κ3) is 5.49. The first kappa shape index (κ1) is 18.2. The predicted octanol–water partition coefficient (Wildman–Crippen LogP) is 1.71. The van der Waals surface area contributed by atoms with E-state index in [4.69, 9.17) is 0 Å². The molecule has 0 fully saturated rings. The molecule has 0 radical (unpaired) electrons. The number of carbonyl (C=O) groups excluding carboxylic acids is 1. The van der Waals surface area contributed by atoms with Crippen molar-refractivity contribution in [3.8, 4) is 5.69 Å². The Morgan fingerprint density at radius 2 is 1.83 bits per heavy atom. The van der Waals surface area contributed by atoms with Crippen molar-refractivity contribution in [1.29, 1.82) is 0 Å². The maximum Gasteiger partial charge on any atom is 0.314 e. The Hall–Kier alpha value is -2.15. The van der Waals surface area contributed by atoms with E-state index in [-0.39, 0.29) is 6.03 Å². The van der Waals surface area contributed by atoms with Crippen molar-refractivity contribution in [3.63, 3.8) is 0 Å². The standard InChI is InChI=1S/C17H24N4O2S/c1-13-12-14(2)21(20-13)16-6-4-15(5-7-16)8-9-18-17(22)19-10-11-24(3)23/h4-7,12H,8-11H2,1-3H3,(H2,18,19,22). The lowest BCUT2D eigenvalue weighted by molar-refractivity contribution is 0.241. The fourth-order valence-corrected chi connectivity index (χ4v) is 2.77. The van der Waals surface area contributed by atoms with E-state index in [0.29, 0.717) is 18.8 Å². The van der Waals surface area contributed by atoms with Crippen LogP contribution in [0.1, 0.15) is 17.0 Å². The lowest BCUT2D eigenvalue weighted by Gasteiger charge is -2.08. The highest BCUT2D eigenvalue weighted by Crippen LogP contribution is 2.13. The summed E-state index contributed by atoms with van der Waals surface area (Å²) >= 11 is 0. The van der Waals surface area contributed by atoms with Crippen molar-refractivity contribution < 1.29 is 9.00 Å². The molecule has 1 aromatic heterocycles. The highest BCUT2D eigenvalue weighted by Gasteiger charge is 2.04. The number of aryl methyl sites for hydroxylation is 2. The van der Waals surface area contributed by atoms with Gasteiger partial charge in [-0.15, -0.1) is 0 Å². The lowest BCUT2D eigenvalue weighted by Crippen LogP contribution is -2.38. The van der Waals surface area contributed by atoms with E-state index >= 15 is 0 Å². The Morgan fingerprint density at radius 3 is 2.42 bits per heavy atom. The van der Waals surface area contributed by atoms with E-state index < -0.39 is 10.8 Å². The molecule has 2 amide bonds. The first-order chi connectivity index (χ1) is 11.5. The molecule has 0 saturated carbocycles. The number of nitrogens with one attached hydrogen (secondary N) is 2. The second-order valence-electron chi connectivity index (χ2n) is 5.72. The summed E-state index contributed by atoms with van der Waals surface area (Å²) < 4.78 is 12.8. The summed E-state index contributed by atoms with van der Waals surface area (Å²) in [5.41, 5.74) is 4.28. The molecule has 1 heterocycles. The molecule has 1 atom stereocenters. The summed E-state index contributed by atoms with van der Waals surface area (Å²) in [6.07, 6.45) is 2.37. The molecule has 1 aromatic carbocycles. The molecule has 1 unspecified atom stereocenters. The molecule has 24 heavy (non-hydrogen) atoms. The maximum atomic E-state index is 11.6. The number of urea groups is 1. The minimum atomic E-state index is -0.885. The number of benzene rings is 1. The molecular formula is C17H24N4O2S. The van der Waals surface area contributed by atoms with Crippen molar-refractivity contribution in [3.05, 3.63) is 47.3 Å². The minimum Gasteiger partial charge on any atom is -0.338 e. The van der Waals surface area contributed by atoms with Gasteiger partial charge in [-0.3, -0.25) is 4.21 Å². The monoisotopic (exact) mass is 348 g/mol. The number of amides is 2. The molecular weight excluding hydrogens is 324 g/mol. The molecule has 0 aliphatic carbocycles. The molecule has 2 N–H and O–H groups in total. The molecule has 0 saturated heterocycles. The van der Waals surface area contributed by atoms with Crippen LogP contribution < -0.4 is 10.6 Å². The van der Waals surface area contributed by atoms with E-state index in [9.17, 15) is 9.00 Å². The highest BCUT2D eigenvalue weighted by atomic mass is 32.2. The molecule has 130 valence electrons. The average molecular weight is 348 g/mol. The average Bonchev–Trinajstić information content (AvgIpc) is 2.86. The molecule has 2 rings (SSSR count). The first-order valence-electron chi connectivity index (χ1n) is 7.90. The summed E-state index contributed by atoms with van der Waals surface area (Å²) in [6, 6.07) is 9.98. The highest BCUT2D eigenvalue weighted by molar-refractivity contribution is 7.84. The van der Waals surface area contributed by atoms with E-state index in [1.807, 2.05) is 48.9 Å². The quantitative estimate of drug-likeness (QED) is 0.800. The molecule has 2 aromatic rings. The first-order valence-corrected chi connectivity index (χ1v) is 9.63. The Labute approximate surface area is 145 Å². The Balaban J connectivity index is 1.79. The van der Waals surface area contributed by atoms with Crippen LogP contribution in [-0.2, 0) is 17.2 Å². The van der Waals surface area contributed by atoms with Crippen LogP contribution in [0.4, 0.5) is 4.79 Å². The number of hydrogen-bond donors (Lipinski definition) is 2. The number of nitrogens with zero attached hydrogens (tertiary/aromatic N) is 2. The summed E-state index contributed by atoms with van der Waals surface area (Å²) in [5, 5.41) is 9.95. The van der Waals surface area contributed by atoms with Crippen LogP contribution in [0.2, 0.25) is 0 Å². The van der Waals surface area contributed by atoms with Gasteiger partial charge in [-0.25, -0.2) is 9.48 Å². The number of rotatable bonds is 7. The molecule has 0 aliphatic rings. The van der Waals surface area contributed by atoms with Gasteiger partial charge < -0.3 is 10.6 Å². The largest absolute Gasteiger partial charge is 0.338 e. The molecule has 0 bridgehead atoms. The predicted molar refractivity (Wildman–Crippen MR) is 97.1 cm³/mol. The fraction of sp³-hybridized carbons (Fsp3) is 0.412. The van der Waals surface area contributed by atoms with E-state index in [1.165, 1.54) is 0 Å². The topological polar surface area (TPSA) is 76.0 Å². The van der Waals surface area contributed by atoms with Crippen LogP contribution in [0, 0.1) is 13.8 Å². The zero-order chi connectivity index (χ0) is 17.5. The Morgan fingerprint density at radius 1 is 1.17 bits per heavy atom. The van der Waals surface area contributed by atoms with E-state index in [1.54, 1.807) is 6.26 Å². The van der Waals surface area contributed by atoms with Crippen molar-refractivity contribution >= 4 is 16.8 Å². The van der Waals surface area contributed by atoms with Gasteiger partial charge in [0.1, 0.15) is 0 Å². The third-order valence-electron chi connectivity index (χ3n) is 3.56. The molecule has 0 aliphatic heterocycles. The second kappa shape index (κ2) is 8.63. The van der Waals surface area contributed by atoms with Gasteiger partial charge in [0.15, 0.2) is 0 Å². The fourth-order valence-electron chi connectivity index (χ4n) is 2.39. The van der Waals surface area contributed by atoms with Crippen LogP contribution in [0.3, 0.4) is 0 Å². The van der Waals surface area contributed by atoms with Crippen molar-refractivity contribution in [2.75, 3.05) is 25.1 Å². The Kier molecular flexibility index (Phi) is 6.54. The number of carbonyl (C=O) groups is 1. The van der Waals surface area contributed by atoms with Crippen molar-refractivity contribution in [2.24, 2.45) is 0 Å². The summed E-state index contributed by atoms with van der Waals surface area (Å²) in [6.45, 7) is 4.99. The number of hydrogen-bond acceptors (Lipinski definition) is 3.